The van der Waals surface area contributed by atoms with Gasteiger partial charge in [0.15, 0.2) is 0 Å². The van der Waals surface area contributed by atoms with Gasteiger partial charge in [-0.2, -0.15) is 8.78 Å². The van der Waals surface area contributed by atoms with Crippen molar-refractivity contribution in [2.75, 3.05) is 24.8 Å². The fraction of sp³-hybridized carbons (Fsp3) is 0.360. The van der Waals surface area contributed by atoms with Crippen molar-refractivity contribution < 1.29 is 36.7 Å². The fourth-order valence-corrected chi connectivity index (χ4v) is 6.96. The molecule has 2 amide bonds. The Morgan fingerprint density at radius 2 is 1.73 bits per heavy atom. The lowest BCUT2D eigenvalue weighted by Crippen LogP contribution is -2.47. The average molecular weight is 554 g/mol. The number of halogens is 2. The summed E-state index contributed by atoms with van der Waals surface area (Å²) in [5.74, 6) is -0.705. The van der Waals surface area contributed by atoms with Crippen molar-refractivity contribution in [1.82, 2.24) is 5.32 Å². The number of carbonyl (C=O) groups excluding carboxylic acids is 2. The highest BCUT2D eigenvalue weighted by atomic mass is 31.3. The summed E-state index contributed by atoms with van der Waals surface area (Å²) in [5.41, 5.74) is -3.47. The third-order valence-corrected chi connectivity index (χ3v) is 9.20. The van der Waals surface area contributed by atoms with Gasteiger partial charge in [-0.3, -0.25) is 18.7 Å². The summed E-state index contributed by atoms with van der Waals surface area (Å²) in [5, 5.41) is 2.75. The number of hydrogen-bond donors (Lipinski definition) is 2. The van der Waals surface area contributed by atoms with Gasteiger partial charge in [0, 0.05) is 37.2 Å². The maximum atomic E-state index is 14.6. The second kappa shape index (κ2) is 11.4. The Labute approximate surface area is 214 Å². The van der Waals surface area contributed by atoms with E-state index in [-0.39, 0.29) is 5.91 Å². The third-order valence-electron chi connectivity index (χ3n) is 5.77. The molecule has 0 bridgehead atoms. The summed E-state index contributed by atoms with van der Waals surface area (Å²) in [7, 11) is -9.23. The van der Waals surface area contributed by atoms with Gasteiger partial charge < -0.3 is 15.1 Å². The standard InChI is InChI=1S/C25H30F2N2O6P2/c1-18(19-12-14-20(15-13-19)25(26,27)37(33,34)35-36(2,3)32)17-23(30)28-22-11-7-8-16-29(24(22)31)21-9-5-4-6-10-21/h4-6,9-10,12-15,17,22H,7-8,11,16H2,1-3H3,(H,28,30)(H,33,34)/b18-17+. The molecule has 2 aromatic carbocycles. The van der Waals surface area contributed by atoms with Crippen molar-refractivity contribution in [3.05, 3.63) is 71.8 Å². The maximum absolute atomic E-state index is 14.6. The number of allylic oxidation sites excluding steroid dienone is 1. The van der Waals surface area contributed by atoms with Gasteiger partial charge >= 0.3 is 13.3 Å². The smallest absolute Gasteiger partial charge is 0.341 e. The molecule has 2 aromatic rings. The van der Waals surface area contributed by atoms with E-state index < -0.39 is 38.1 Å². The number of nitrogens with zero attached hydrogens (tertiary/aromatic N) is 1. The number of anilines is 1. The summed E-state index contributed by atoms with van der Waals surface area (Å²) in [6, 6.07) is 12.9. The second-order valence-corrected chi connectivity index (χ2v) is 13.9. The number of nitrogens with one attached hydrogen (secondary N) is 1. The number of carbonyl (C=O) groups is 2. The summed E-state index contributed by atoms with van der Waals surface area (Å²) in [6.07, 6.45) is 3.33. The summed E-state index contributed by atoms with van der Waals surface area (Å²) >= 11 is 0. The zero-order valence-corrected chi connectivity index (χ0v) is 22.6. The molecule has 2 atom stereocenters. The SMILES string of the molecule is C/C(=C\C(=O)NC1CCCCN(c2ccccc2)C1=O)c1ccc(C(F)(F)P(=O)(O)OP(C)(C)=O)cc1. The van der Waals surface area contributed by atoms with E-state index in [1.54, 1.807) is 11.8 Å². The summed E-state index contributed by atoms with van der Waals surface area (Å²) in [6.45, 7) is 4.09. The van der Waals surface area contributed by atoms with Crippen LogP contribution in [0.1, 0.15) is 37.3 Å². The van der Waals surface area contributed by atoms with Crippen LogP contribution in [0.4, 0.5) is 14.5 Å². The monoisotopic (exact) mass is 554 g/mol. The molecule has 3 rings (SSSR count). The molecule has 0 saturated carbocycles. The minimum Gasteiger partial charge on any atom is -0.341 e. The lowest BCUT2D eigenvalue weighted by molar-refractivity contribution is -0.125. The van der Waals surface area contributed by atoms with Gasteiger partial charge in [0.2, 0.25) is 19.2 Å². The number of benzene rings is 2. The Hall–Kier alpha value is -2.64. The molecule has 2 N–H and O–H groups in total. The van der Waals surface area contributed by atoms with Crippen molar-refractivity contribution in [3.63, 3.8) is 0 Å². The lowest BCUT2D eigenvalue weighted by atomic mass is 10.0. The van der Waals surface area contributed by atoms with Crippen LogP contribution < -0.4 is 10.2 Å². The third kappa shape index (κ3) is 7.23. The van der Waals surface area contributed by atoms with E-state index in [9.17, 15) is 32.4 Å². The topological polar surface area (TPSA) is 113 Å². The van der Waals surface area contributed by atoms with E-state index in [4.69, 9.17) is 0 Å². The molecule has 8 nitrogen and oxygen atoms in total. The molecule has 1 aliphatic rings. The Kier molecular flexibility index (Phi) is 8.91. The number of amides is 2. The Morgan fingerprint density at radius 3 is 2.32 bits per heavy atom. The minimum atomic E-state index is -5.57. The average Bonchev–Trinajstić information content (AvgIpc) is 2.99. The molecule has 12 heteroatoms. The van der Waals surface area contributed by atoms with Gasteiger partial charge in [-0.15, -0.1) is 0 Å². The van der Waals surface area contributed by atoms with E-state index in [2.05, 4.69) is 9.63 Å². The van der Waals surface area contributed by atoms with Crippen LogP contribution in [0, 0.1) is 0 Å². The van der Waals surface area contributed by atoms with Crippen LogP contribution in [0.3, 0.4) is 0 Å². The highest BCUT2D eigenvalue weighted by Crippen LogP contribution is 2.69. The van der Waals surface area contributed by atoms with E-state index in [1.807, 2.05) is 30.3 Å². The molecule has 1 fully saturated rings. The molecule has 1 heterocycles. The first-order chi connectivity index (χ1) is 17.2. The number of rotatable bonds is 8. The van der Waals surface area contributed by atoms with E-state index in [0.717, 1.165) is 44.0 Å². The Balaban J connectivity index is 1.72. The fourth-order valence-electron chi connectivity index (χ4n) is 3.95. The summed E-state index contributed by atoms with van der Waals surface area (Å²) < 4.78 is 57.3. The molecule has 1 saturated heterocycles. The Morgan fingerprint density at radius 1 is 1.11 bits per heavy atom. The van der Waals surface area contributed by atoms with E-state index in [0.29, 0.717) is 24.1 Å². The molecular formula is C25H30F2N2O6P2. The number of hydrogen-bond acceptors (Lipinski definition) is 5. The molecule has 1 aliphatic heterocycles. The van der Waals surface area contributed by atoms with Crippen molar-refractivity contribution in [3.8, 4) is 0 Å². The van der Waals surface area contributed by atoms with Crippen LogP contribution in [-0.2, 0) is 28.7 Å². The zero-order chi connectivity index (χ0) is 27.4. The van der Waals surface area contributed by atoms with Gasteiger partial charge in [0.25, 0.3) is 0 Å². The van der Waals surface area contributed by atoms with Crippen molar-refractivity contribution in [2.45, 2.75) is 37.9 Å². The molecule has 37 heavy (non-hydrogen) atoms. The van der Waals surface area contributed by atoms with Gasteiger partial charge in [0.1, 0.15) is 6.04 Å². The number of alkyl halides is 2. The van der Waals surface area contributed by atoms with Crippen LogP contribution in [0.15, 0.2) is 60.7 Å². The maximum Gasteiger partial charge on any atom is 0.407 e. The van der Waals surface area contributed by atoms with Crippen molar-refractivity contribution in [1.29, 1.82) is 0 Å². The van der Waals surface area contributed by atoms with E-state index in [1.165, 1.54) is 18.2 Å². The Bertz CT molecular complexity index is 1260. The number of para-hydroxylation sites is 1. The molecule has 200 valence electrons. The van der Waals surface area contributed by atoms with E-state index >= 15 is 0 Å². The van der Waals surface area contributed by atoms with Gasteiger partial charge in [0.05, 0.1) is 0 Å². The molecular weight excluding hydrogens is 524 g/mol. The van der Waals surface area contributed by atoms with Gasteiger partial charge in [-0.05, 0) is 49.5 Å². The predicted octanol–water partition coefficient (Wildman–Crippen LogP) is 5.58. The lowest BCUT2D eigenvalue weighted by Gasteiger charge is -2.24. The minimum absolute atomic E-state index is 0.200. The van der Waals surface area contributed by atoms with Crippen LogP contribution >= 0.6 is 15.0 Å². The zero-order valence-electron chi connectivity index (χ0n) is 20.8. The van der Waals surface area contributed by atoms with Crippen molar-refractivity contribution >= 4 is 38.0 Å². The molecule has 0 spiro atoms. The van der Waals surface area contributed by atoms with Crippen LogP contribution in [0.5, 0.6) is 0 Å². The highest BCUT2D eigenvalue weighted by Gasteiger charge is 2.54. The summed E-state index contributed by atoms with van der Waals surface area (Å²) in [4.78, 5) is 37.2. The van der Waals surface area contributed by atoms with Gasteiger partial charge in [-0.1, -0.05) is 42.5 Å². The van der Waals surface area contributed by atoms with Crippen LogP contribution in [-0.4, -0.2) is 42.6 Å². The van der Waals surface area contributed by atoms with Crippen LogP contribution in [0.25, 0.3) is 5.57 Å². The normalized spacial score (nSPS) is 19.2. The predicted molar refractivity (Wildman–Crippen MR) is 139 cm³/mol. The molecule has 2 unspecified atom stereocenters. The first kappa shape index (κ1) is 28.9. The largest absolute Gasteiger partial charge is 0.407 e. The first-order valence-electron chi connectivity index (χ1n) is 11.6. The van der Waals surface area contributed by atoms with Crippen LogP contribution in [0.2, 0.25) is 0 Å². The quantitative estimate of drug-likeness (QED) is 0.325. The van der Waals surface area contributed by atoms with Crippen molar-refractivity contribution in [2.24, 2.45) is 0 Å². The highest BCUT2D eigenvalue weighted by molar-refractivity contribution is 7.68. The molecule has 0 aliphatic carbocycles. The second-order valence-electron chi connectivity index (χ2n) is 9.18. The first-order valence-corrected chi connectivity index (χ1v) is 15.7. The molecule has 0 radical (unpaired) electrons. The molecule has 0 aromatic heterocycles. The van der Waals surface area contributed by atoms with Gasteiger partial charge in [-0.25, -0.2) is 4.31 Å².